The smallest absolute Gasteiger partial charge is 0.139 e. The molecule has 0 atom stereocenters. The van der Waals surface area contributed by atoms with E-state index in [1.807, 2.05) is 13.0 Å². The fraction of sp³-hybridized carbons (Fsp3) is 0.250. The molecule has 10 heavy (non-hydrogen) atoms. The van der Waals surface area contributed by atoms with Gasteiger partial charge >= 0.3 is 0 Å². The summed E-state index contributed by atoms with van der Waals surface area (Å²) < 4.78 is 0. The highest BCUT2D eigenvalue weighted by Crippen LogP contribution is 2.08. The monoisotopic (exact) mass is 133 g/mol. The van der Waals surface area contributed by atoms with Gasteiger partial charge in [-0.1, -0.05) is 17.1 Å². The number of aryl methyl sites for hydroxylation is 2. The number of rotatable bonds is 0. The second-order valence-electron chi connectivity index (χ2n) is 2.79. The van der Waals surface area contributed by atoms with Gasteiger partial charge in [-0.25, -0.2) is 0 Å². The molecule has 0 saturated heterocycles. The summed E-state index contributed by atoms with van der Waals surface area (Å²) in [6.45, 7) is 4.13. The average molecular weight is 133 g/mol. The summed E-state index contributed by atoms with van der Waals surface area (Å²) in [6.07, 6.45) is 0. The molecule has 2 heteroatoms. The lowest BCUT2D eigenvalue weighted by atomic mass is 9.89. The zero-order valence-electron chi connectivity index (χ0n) is 6.73. The summed E-state index contributed by atoms with van der Waals surface area (Å²) in [6, 6.07) is 4.13. The van der Waals surface area contributed by atoms with Gasteiger partial charge in [0.1, 0.15) is 7.85 Å². The van der Waals surface area contributed by atoms with Crippen molar-refractivity contribution in [1.82, 2.24) is 0 Å². The standard InChI is InChI=1S/C8H12BN/c1-5-3-6(2)8(10)4-7(5)9/h3-4H,9-10H2,1-2H3. The van der Waals surface area contributed by atoms with Crippen molar-refractivity contribution in [1.29, 1.82) is 0 Å². The second kappa shape index (κ2) is 2.37. The third-order valence-corrected chi connectivity index (χ3v) is 1.88. The zero-order valence-corrected chi connectivity index (χ0v) is 6.73. The van der Waals surface area contributed by atoms with E-state index < -0.39 is 0 Å². The summed E-state index contributed by atoms with van der Waals surface area (Å²) >= 11 is 0. The molecule has 0 saturated carbocycles. The zero-order chi connectivity index (χ0) is 7.72. The van der Waals surface area contributed by atoms with Crippen LogP contribution < -0.4 is 11.2 Å². The molecule has 0 aliphatic carbocycles. The van der Waals surface area contributed by atoms with Crippen LogP contribution >= 0.6 is 0 Å². The van der Waals surface area contributed by atoms with Crippen molar-refractivity contribution in [2.45, 2.75) is 13.8 Å². The Morgan fingerprint density at radius 2 is 1.80 bits per heavy atom. The Morgan fingerprint density at radius 1 is 1.20 bits per heavy atom. The fourth-order valence-corrected chi connectivity index (χ4v) is 0.983. The molecule has 0 fully saturated rings. The van der Waals surface area contributed by atoms with Crippen LogP contribution in [0.1, 0.15) is 11.1 Å². The van der Waals surface area contributed by atoms with E-state index in [1.54, 1.807) is 0 Å². The maximum Gasteiger partial charge on any atom is 0.139 e. The SMILES string of the molecule is Bc1cc(N)c(C)cc1C. The Balaban J connectivity index is 3.28. The van der Waals surface area contributed by atoms with E-state index in [2.05, 4.69) is 20.8 Å². The average Bonchev–Trinajstić information content (AvgIpc) is 1.84. The Morgan fingerprint density at radius 3 is 2.30 bits per heavy atom. The molecule has 1 aromatic carbocycles. The highest BCUT2D eigenvalue weighted by Gasteiger charge is 1.95. The minimum atomic E-state index is 0.892. The van der Waals surface area contributed by atoms with E-state index in [9.17, 15) is 0 Å². The molecule has 0 unspecified atom stereocenters. The van der Waals surface area contributed by atoms with Crippen LogP contribution in [0.2, 0.25) is 0 Å². The van der Waals surface area contributed by atoms with Crippen molar-refractivity contribution in [3.05, 3.63) is 23.3 Å². The van der Waals surface area contributed by atoms with Gasteiger partial charge in [0.05, 0.1) is 0 Å². The summed E-state index contributed by atoms with van der Waals surface area (Å²) in [4.78, 5) is 0. The topological polar surface area (TPSA) is 26.0 Å². The van der Waals surface area contributed by atoms with Crippen LogP contribution in [0.15, 0.2) is 12.1 Å². The molecule has 0 heterocycles. The van der Waals surface area contributed by atoms with E-state index in [0.29, 0.717) is 0 Å². The third-order valence-electron chi connectivity index (χ3n) is 1.88. The van der Waals surface area contributed by atoms with Gasteiger partial charge in [0.2, 0.25) is 0 Å². The van der Waals surface area contributed by atoms with Crippen molar-refractivity contribution < 1.29 is 0 Å². The van der Waals surface area contributed by atoms with Crippen molar-refractivity contribution in [2.75, 3.05) is 5.73 Å². The third kappa shape index (κ3) is 1.15. The van der Waals surface area contributed by atoms with Gasteiger partial charge in [0.15, 0.2) is 0 Å². The first-order valence-corrected chi connectivity index (χ1v) is 3.44. The molecule has 0 spiro atoms. The number of anilines is 1. The Labute approximate surface area is 62.7 Å². The van der Waals surface area contributed by atoms with Crippen molar-refractivity contribution >= 4 is 19.0 Å². The number of hydrogen-bond donors (Lipinski definition) is 1. The Hall–Kier alpha value is -0.915. The van der Waals surface area contributed by atoms with Gasteiger partial charge in [-0.15, -0.1) is 0 Å². The molecular weight excluding hydrogens is 121 g/mol. The first-order valence-electron chi connectivity index (χ1n) is 3.44. The molecule has 2 N–H and O–H groups in total. The quantitative estimate of drug-likeness (QED) is 0.395. The molecule has 0 radical (unpaired) electrons. The molecule has 0 bridgehead atoms. The van der Waals surface area contributed by atoms with Crippen LogP contribution in [0.3, 0.4) is 0 Å². The van der Waals surface area contributed by atoms with Gasteiger partial charge in [0, 0.05) is 5.69 Å². The van der Waals surface area contributed by atoms with Crippen molar-refractivity contribution in [2.24, 2.45) is 0 Å². The molecule has 0 aromatic heterocycles. The van der Waals surface area contributed by atoms with Crippen LogP contribution in [-0.4, -0.2) is 7.85 Å². The van der Waals surface area contributed by atoms with Crippen LogP contribution in [0.4, 0.5) is 5.69 Å². The lowest BCUT2D eigenvalue weighted by Gasteiger charge is -2.04. The molecule has 0 aliphatic heterocycles. The molecule has 1 aromatic rings. The second-order valence-corrected chi connectivity index (χ2v) is 2.79. The highest BCUT2D eigenvalue weighted by molar-refractivity contribution is 6.33. The van der Waals surface area contributed by atoms with Gasteiger partial charge in [-0.2, -0.15) is 0 Å². The van der Waals surface area contributed by atoms with Gasteiger partial charge in [-0.3, -0.25) is 0 Å². The first-order chi connectivity index (χ1) is 4.61. The summed E-state index contributed by atoms with van der Waals surface area (Å²) in [7, 11) is 2.07. The maximum absolute atomic E-state index is 5.69. The molecule has 52 valence electrons. The normalized spacial score (nSPS) is 9.80. The van der Waals surface area contributed by atoms with Crippen LogP contribution in [-0.2, 0) is 0 Å². The largest absolute Gasteiger partial charge is 0.399 e. The van der Waals surface area contributed by atoms with E-state index in [4.69, 9.17) is 5.73 Å². The lowest BCUT2D eigenvalue weighted by molar-refractivity contribution is 1.41. The molecule has 0 amide bonds. The first kappa shape index (κ1) is 7.20. The summed E-state index contributed by atoms with van der Waals surface area (Å²) in [5.74, 6) is 0. The fourth-order valence-electron chi connectivity index (χ4n) is 0.983. The van der Waals surface area contributed by atoms with Crippen molar-refractivity contribution in [3.63, 3.8) is 0 Å². The number of benzene rings is 1. The van der Waals surface area contributed by atoms with E-state index in [1.165, 1.54) is 16.6 Å². The molecule has 1 rings (SSSR count). The van der Waals surface area contributed by atoms with Crippen molar-refractivity contribution in [3.8, 4) is 0 Å². The molecular formula is C8H12BN. The summed E-state index contributed by atoms with van der Waals surface area (Å²) in [5.41, 5.74) is 10.3. The maximum atomic E-state index is 5.69. The van der Waals surface area contributed by atoms with Crippen LogP contribution in [0.25, 0.3) is 0 Å². The molecule has 1 nitrogen and oxygen atoms in total. The minimum absolute atomic E-state index is 0.892. The highest BCUT2D eigenvalue weighted by atomic mass is 14.5. The van der Waals surface area contributed by atoms with Crippen LogP contribution in [0.5, 0.6) is 0 Å². The van der Waals surface area contributed by atoms with E-state index in [0.717, 1.165) is 5.69 Å². The van der Waals surface area contributed by atoms with E-state index >= 15 is 0 Å². The van der Waals surface area contributed by atoms with Gasteiger partial charge in [-0.05, 0) is 25.5 Å². The van der Waals surface area contributed by atoms with Gasteiger partial charge in [0.25, 0.3) is 0 Å². The lowest BCUT2D eigenvalue weighted by Crippen LogP contribution is -2.09. The summed E-state index contributed by atoms with van der Waals surface area (Å²) in [5, 5.41) is 0. The molecule has 0 aliphatic rings. The van der Waals surface area contributed by atoms with E-state index in [-0.39, 0.29) is 0 Å². The number of nitrogens with two attached hydrogens (primary N) is 1. The van der Waals surface area contributed by atoms with Crippen LogP contribution in [0, 0.1) is 13.8 Å². The number of hydrogen-bond acceptors (Lipinski definition) is 1. The Kier molecular flexibility index (Phi) is 1.71. The predicted octanol–water partition coefficient (Wildman–Crippen LogP) is 0.144. The van der Waals surface area contributed by atoms with Gasteiger partial charge < -0.3 is 5.73 Å². The number of nitrogen functional groups attached to an aromatic ring is 1. The predicted molar refractivity (Wildman–Crippen MR) is 48.5 cm³/mol. The minimum Gasteiger partial charge on any atom is -0.399 e. The Bertz CT molecular complexity index is 205.